The Labute approximate surface area is 126 Å². The van der Waals surface area contributed by atoms with Crippen LogP contribution in [0.15, 0.2) is 29.1 Å². The Bertz CT molecular complexity index is 708. The number of hydrogen-bond acceptors (Lipinski definition) is 7. The van der Waals surface area contributed by atoms with Crippen molar-refractivity contribution < 1.29 is 4.92 Å². The quantitative estimate of drug-likeness (QED) is 0.615. The normalized spacial score (nSPS) is 10.3. The zero-order valence-corrected chi connectivity index (χ0v) is 12.2. The summed E-state index contributed by atoms with van der Waals surface area (Å²) in [7, 11) is 0. The highest BCUT2D eigenvalue weighted by atomic mass is 16.6. The van der Waals surface area contributed by atoms with E-state index in [1.807, 2.05) is 18.7 Å². The van der Waals surface area contributed by atoms with Crippen LogP contribution in [0.25, 0.3) is 0 Å². The molecule has 2 N–H and O–H groups in total. The molecule has 1 heterocycles. The van der Waals surface area contributed by atoms with E-state index in [0.29, 0.717) is 24.7 Å². The summed E-state index contributed by atoms with van der Waals surface area (Å²) < 4.78 is 0. The molecule has 1 aromatic heterocycles. The van der Waals surface area contributed by atoms with Gasteiger partial charge in [0.05, 0.1) is 4.92 Å². The summed E-state index contributed by atoms with van der Waals surface area (Å²) in [6.45, 7) is 5.24. The first kappa shape index (κ1) is 15.4. The molecule has 1 aromatic carbocycles. The second kappa shape index (κ2) is 6.66. The molecule has 0 radical (unpaired) electrons. The molecule has 0 atom stereocenters. The first-order valence-corrected chi connectivity index (χ1v) is 6.78. The maximum Gasteiger partial charge on any atom is 0.351 e. The Balaban J connectivity index is 2.25. The number of nitrogens with zero attached hydrogens (tertiary/aromatic N) is 4. The van der Waals surface area contributed by atoms with Crippen LogP contribution < -0.4 is 15.9 Å². The average molecular weight is 304 g/mol. The summed E-state index contributed by atoms with van der Waals surface area (Å²) in [5.41, 5.74) is 0.0531. The fourth-order valence-electron chi connectivity index (χ4n) is 1.88. The van der Waals surface area contributed by atoms with E-state index in [1.165, 1.54) is 24.3 Å². The van der Waals surface area contributed by atoms with Crippen molar-refractivity contribution in [1.82, 2.24) is 15.0 Å². The number of hydrogen-bond donors (Lipinski definition) is 2. The zero-order valence-electron chi connectivity index (χ0n) is 12.2. The van der Waals surface area contributed by atoms with Crippen LogP contribution >= 0.6 is 0 Å². The largest absolute Gasteiger partial charge is 0.351 e. The molecule has 0 amide bonds. The molecule has 0 aliphatic rings. The second-order valence-electron chi connectivity index (χ2n) is 4.40. The third kappa shape index (κ3) is 3.57. The Morgan fingerprint density at radius 1 is 1.23 bits per heavy atom. The average Bonchev–Trinajstić information content (AvgIpc) is 2.48. The van der Waals surface area contributed by atoms with Gasteiger partial charge in [0, 0.05) is 30.9 Å². The Kier molecular flexibility index (Phi) is 4.66. The fraction of sp³-hybridized carbons (Fsp3) is 0.308. The van der Waals surface area contributed by atoms with Gasteiger partial charge in [-0.1, -0.05) is 0 Å². The van der Waals surface area contributed by atoms with Gasteiger partial charge in [-0.3, -0.25) is 15.1 Å². The van der Waals surface area contributed by atoms with E-state index in [2.05, 4.69) is 20.3 Å². The first-order valence-electron chi connectivity index (χ1n) is 6.78. The molecule has 0 saturated heterocycles. The standard InChI is InChI=1S/C13H16N6O3/c1-3-18(4-2)12-15-11(16-13(20)17-12)14-9-5-7-10(8-6-9)19(21)22/h5-8H,3-4H2,1-2H3,(H2,14,15,16,17,20). The lowest BCUT2D eigenvalue weighted by Crippen LogP contribution is -2.28. The minimum atomic E-state index is -0.513. The minimum Gasteiger partial charge on any atom is -0.341 e. The third-order valence-corrected chi connectivity index (χ3v) is 3.03. The van der Waals surface area contributed by atoms with Gasteiger partial charge in [-0.15, -0.1) is 0 Å². The molecule has 0 saturated carbocycles. The number of aromatic nitrogens is 3. The number of non-ortho nitro benzene ring substituents is 1. The summed E-state index contributed by atoms with van der Waals surface area (Å²) in [6.07, 6.45) is 0. The van der Waals surface area contributed by atoms with Gasteiger partial charge in [0.2, 0.25) is 11.9 Å². The van der Waals surface area contributed by atoms with E-state index < -0.39 is 10.6 Å². The predicted molar refractivity (Wildman–Crippen MR) is 82.6 cm³/mol. The highest BCUT2D eigenvalue weighted by Gasteiger charge is 2.09. The van der Waals surface area contributed by atoms with E-state index in [9.17, 15) is 14.9 Å². The van der Waals surface area contributed by atoms with Gasteiger partial charge in [-0.05, 0) is 26.0 Å². The summed E-state index contributed by atoms with van der Waals surface area (Å²) in [6, 6.07) is 5.81. The van der Waals surface area contributed by atoms with Crippen molar-refractivity contribution >= 4 is 23.3 Å². The number of nitro groups is 1. The van der Waals surface area contributed by atoms with E-state index in [1.54, 1.807) is 0 Å². The van der Waals surface area contributed by atoms with Crippen LogP contribution in [0.5, 0.6) is 0 Å². The molecule has 0 bridgehead atoms. The van der Waals surface area contributed by atoms with Crippen molar-refractivity contribution in [3.63, 3.8) is 0 Å². The molecule has 116 valence electrons. The molecule has 22 heavy (non-hydrogen) atoms. The molecule has 9 heteroatoms. The predicted octanol–water partition coefficient (Wildman–Crippen LogP) is 1.66. The van der Waals surface area contributed by atoms with Gasteiger partial charge >= 0.3 is 5.69 Å². The van der Waals surface area contributed by atoms with Gasteiger partial charge in [-0.2, -0.15) is 9.97 Å². The van der Waals surface area contributed by atoms with Crippen LogP contribution in [-0.4, -0.2) is 33.0 Å². The van der Waals surface area contributed by atoms with E-state index in [-0.39, 0.29) is 11.6 Å². The lowest BCUT2D eigenvalue weighted by molar-refractivity contribution is -0.384. The number of aromatic amines is 1. The Morgan fingerprint density at radius 2 is 1.86 bits per heavy atom. The smallest absolute Gasteiger partial charge is 0.341 e. The van der Waals surface area contributed by atoms with Crippen molar-refractivity contribution in [3.05, 3.63) is 44.9 Å². The highest BCUT2D eigenvalue weighted by molar-refractivity contribution is 5.56. The minimum absolute atomic E-state index is 0.00874. The molecule has 2 rings (SSSR count). The highest BCUT2D eigenvalue weighted by Crippen LogP contribution is 2.18. The molecule has 0 unspecified atom stereocenters. The number of nitro benzene ring substituents is 1. The second-order valence-corrected chi connectivity index (χ2v) is 4.40. The van der Waals surface area contributed by atoms with Crippen molar-refractivity contribution in [2.24, 2.45) is 0 Å². The van der Waals surface area contributed by atoms with Gasteiger partial charge in [-0.25, -0.2) is 4.79 Å². The monoisotopic (exact) mass is 304 g/mol. The van der Waals surface area contributed by atoms with E-state index in [4.69, 9.17) is 0 Å². The number of H-pyrrole nitrogens is 1. The van der Waals surface area contributed by atoms with Gasteiger partial charge in [0.15, 0.2) is 0 Å². The molecule has 9 nitrogen and oxygen atoms in total. The van der Waals surface area contributed by atoms with Gasteiger partial charge in [0.1, 0.15) is 0 Å². The summed E-state index contributed by atoms with van der Waals surface area (Å²) in [5, 5.41) is 13.5. The Hall–Kier alpha value is -2.97. The number of nitrogens with one attached hydrogen (secondary N) is 2. The van der Waals surface area contributed by atoms with Crippen molar-refractivity contribution in [3.8, 4) is 0 Å². The maximum absolute atomic E-state index is 11.6. The number of rotatable bonds is 6. The van der Waals surface area contributed by atoms with Gasteiger partial charge < -0.3 is 10.2 Å². The molecule has 0 aliphatic carbocycles. The third-order valence-electron chi connectivity index (χ3n) is 3.03. The lowest BCUT2D eigenvalue weighted by atomic mass is 10.3. The zero-order chi connectivity index (χ0) is 16.1. The number of benzene rings is 1. The molecule has 0 fully saturated rings. The Morgan fingerprint density at radius 3 is 2.41 bits per heavy atom. The summed E-state index contributed by atoms with van der Waals surface area (Å²) in [4.78, 5) is 34.2. The van der Waals surface area contributed by atoms with Crippen LogP contribution in [0, 0.1) is 10.1 Å². The molecular formula is C13H16N6O3. The topological polar surface area (TPSA) is 117 Å². The van der Waals surface area contributed by atoms with Gasteiger partial charge in [0.25, 0.3) is 5.69 Å². The SMILES string of the molecule is CCN(CC)c1nc(Nc2ccc([N+](=O)[O-])cc2)[nH]c(=O)n1. The lowest BCUT2D eigenvalue weighted by Gasteiger charge is -2.18. The van der Waals surface area contributed by atoms with E-state index in [0.717, 1.165) is 0 Å². The number of anilines is 3. The van der Waals surface area contributed by atoms with Crippen LogP contribution in [0.4, 0.5) is 23.3 Å². The molecule has 0 aliphatic heterocycles. The first-order chi connectivity index (χ1) is 10.5. The van der Waals surface area contributed by atoms with Crippen LogP contribution in [0.2, 0.25) is 0 Å². The van der Waals surface area contributed by atoms with Crippen LogP contribution in [0.3, 0.4) is 0 Å². The van der Waals surface area contributed by atoms with E-state index >= 15 is 0 Å². The summed E-state index contributed by atoms with van der Waals surface area (Å²) in [5.74, 6) is 0.564. The molecule has 2 aromatic rings. The van der Waals surface area contributed by atoms with Crippen LogP contribution in [0.1, 0.15) is 13.8 Å². The summed E-state index contributed by atoms with van der Waals surface area (Å²) >= 11 is 0. The maximum atomic E-state index is 11.6. The molecular weight excluding hydrogens is 288 g/mol. The van der Waals surface area contributed by atoms with Crippen molar-refractivity contribution in [2.45, 2.75) is 13.8 Å². The van der Waals surface area contributed by atoms with Crippen LogP contribution in [-0.2, 0) is 0 Å². The fourth-order valence-corrected chi connectivity index (χ4v) is 1.88. The molecule has 0 spiro atoms. The van der Waals surface area contributed by atoms with Crippen molar-refractivity contribution in [1.29, 1.82) is 0 Å². The van der Waals surface area contributed by atoms with Crippen molar-refractivity contribution in [2.75, 3.05) is 23.3 Å².